The minimum atomic E-state index is -0.126. The van der Waals surface area contributed by atoms with Gasteiger partial charge in [0.15, 0.2) is 0 Å². The molecule has 0 unspecified atom stereocenters. The van der Waals surface area contributed by atoms with Crippen LogP contribution < -0.4 is 10.1 Å². The number of amides is 2. The number of aryl methyl sites for hydroxylation is 1. The van der Waals surface area contributed by atoms with Gasteiger partial charge >= 0.3 is 0 Å². The number of anilines is 1. The molecule has 5 nitrogen and oxygen atoms in total. The Labute approximate surface area is 132 Å². The second-order valence-electron chi connectivity index (χ2n) is 5.86. The molecule has 22 heavy (non-hydrogen) atoms. The van der Waals surface area contributed by atoms with E-state index in [0.717, 1.165) is 5.56 Å². The molecule has 122 valence electrons. The van der Waals surface area contributed by atoms with Crippen molar-refractivity contribution in [3.8, 4) is 5.75 Å². The van der Waals surface area contributed by atoms with Crippen molar-refractivity contribution >= 4 is 17.5 Å². The average Bonchev–Trinajstić information content (AvgIpc) is 2.43. The van der Waals surface area contributed by atoms with Crippen LogP contribution in [-0.4, -0.2) is 36.9 Å². The third-order valence-corrected chi connectivity index (χ3v) is 3.27. The van der Waals surface area contributed by atoms with Crippen LogP contribution in [0.3, 0.4) is 0 Å². The molecule has 2 amide bonds. The molecule has 0 saturated heterocycles. The molecule has 0 spiro atoms. The van der Waals surface area contributed by atoms with Gasteiger partial charge in [0.25, 0.3) is 0 Å². The van der Waals surface area contributed by atoms with Crippen LogP contribution >= 0.6 is 0 Å². The summed E-state index contributed by atoms with van der Waals surface area (Å²) in [7, 11) is 1.57. The van der Waals surface area contributed by atoms with Crippen molar-refractivity contribution in [1.29, 1.82) is 0 Å². The Balaban J connectivity index is 2.62. The van der Waals surface area contributed by atoms with Gasteiger partial charge in [0.2, 0.25) is 11.8 Å². The van der Waals surface area contributed by atoms with Crippen LogP contribution in [0.5, 0.6) is 5.75 Å². The summed E-state index contributed by atoms with van der Waals surface area (Å²) in [5, 5.41) is 2.85. The Morgan fingerprint density at radius 3 is 2.55 bits per heavy atom. The lowest BCUT2D eigenvalue weighted by atomic mass is 10.2. The topological polar surface area (TPSA) is 58.6 Å². The van der Waals surface area contributed by atoms with Gasteiger partial charge in [-0.1, -0.05) is 19.9 Å². The van der Waals surface area contributed by atoms with Crippen molar-refractivity contribution < 1.29 is 14.3 Å². The molecule has 0 atom stereocenters. The van der Waals surface area contributed by atoms with E-state index in [1.807, 2.05) is 39.0 Å². The maximum Gasteiger partial charge on any atom is 0.226 e. The number of hydrogen-bond donors (Lipinski definition) is 1. The molecule has 0 bridgehead atoms. The number of hydrogen-bond acceptors (Lipinski definition) is 3. The SMILES string of the molecule is COc1ccc(C)cc1NC(=O)CCN(CC(C)C)C(C)=O. The first-order valence-electron chi connectivity index (χ1n) is 7.53. The highest BCUT2D eigenvalue weighted by Crippen LogP contribution is 2.25. The molecule has 0 aliphatic heterocycles. The second kappa shape index (κ2) is 8.41. The maximum absolute atomic E-state index is 12.1. The monoisotopic (exact) mass is 306 g/mol. The lowest BCUT2D eigenvalue weighted by molar-refractivity contribution is -0.129. The highest BCUT2D eigenvalue weighted by molar-refractivity contribution is 5.92. The normalized spacial score (nSPS) is 10.5. The van der Waals surface area contributed by atoms with E-state index in [1.165, 1.54) is 6.92 Å². The van der Waals surface area contributed by atoms with Crippen LogP contribution in [-0.2, 0) is 9.59 Å². The van der Waals surface area contributed by atoms with Gasteiger partial charge in [-0.3, -0.25) is 9.59 Å². The van der Waals surface area contributed by atoms with Crippen molar-refractivity contribution in [2.24, 2.45) is 5.92 Å². The standard InChI is InChI=1S/C17H26N2O3/c1-12(2)11-19(14(4)20)9-8-17(21)18-15-10-13(3)6-7-16(15)22-5/h6-7,10,12H,8-9,11H2,1-5H3,(H,18,21). The molecule has 1 aromatic carbocycles. The molecule has 1 rings (SSSR count). The third-order valence-electron chi connectivity index (χ3n) is 3.27. The summed E-state index contributed by atoms with van der Waals surface area (Å²) in [5.74, 6) is 0.877. The summed E-state index contributed by atoms with van der Waals surface area (Å²) in [6, 6.07) is 5.62. The van der Waals surface area contributed by atoms with Gasteiger partial charge in [-0.25, -0.2) is 0 Å². The summed E-state index contributed by atoms with van der Waals surface area (Å²) in [5.41, 5.74) is 1.70. The van der Waals surface area contributed by atoms with Crippen LogP contribution in [0, 0.1) is 12.8 Å². The van der Waals surface area contributed by atoms with Crippen molar-refractivity contribution in [1.82, 2.24) is 4.90 Å². The van der Waals surface area contributed by atoms with E-state index in [-0.39, 0.29) is 18.2 Å². The quantitative estimate of drug-likeness (QED) is 0.842. The second-order valence-corrected chi connectivity index (χ2v) is 5.86. The van der Waals surface area contributed by atoms with Gasteiger partial charge < -0.3 is 15.0 Å². The van der Waals surface area contributed by atoms with E-state index < -0.39 is 0 Å². The predicted octanol–water partition coefficient (Wildman–Crippen LogP) is 2.84. The molecule has 1 N–H and O–H groups in total. The highest BCUT2D eigenvalue weighted by Gasteiger charge is 2.13. The molecule has 0 radical (unpaired) electrons. The zero-order chi connectivity index (χ0) is 16.7. The first-order chi connectivity index (χ1) is 10.3. The van der Waals surface area contributed by atoms with Crippen molar-refractivity contribution in [2.45, 2.75) is 34.1 Å². The number of benzene rings is 1. The average molecular weight is 306 g/mol. The minimum Gasteiger partial charge on any atom is -0.495 e. The van der Waals surface area contributed by atoms with E-state index in [2.05, 4.69) is 5.32 Å². The first-order valence-corrected chi connectivity index (χ1v) is 7.53. The maximum atomic E-state index is 12.1. The molecular weight excluding hydrogens is 280 g/mol. The first kappa shape index (κ1) is 18.0. The molecule has 0 heterocycles. The summed E-state index contributed by atoms with van der Waals surface area (Å²) < 4.78 is 5.24. The number of rotatable bonds is 7. The molecule has 0 fully saturated rings. The van der Waals surface area contributed by atoms with Crippen LogP contribution in [0.25, 0.3) is 0 Å². The molecule has 1 aromatic rings. The fraction of sp³-hybridized carbons (Fsp3) is 0.529. The van der Waals surface area contributed by atoms with E-state index in [9.17, 15) is 9.59 Å². The van der Waals surface area contributed by atoms with Crippen molar-refractivity contribution in [2.75, 3.05) is 25.5 Å². The fourth-order valence-corrected chi connectivity index (χ4v) is 2.19. The van der Waals surface area contributed by atoms with Crippen LogP contribution in [0.1, 0.15) is 32.8 Å². The van der Waals surface area contributed by atoms with Crippen LogP contribution in [0.4, 0.5) is 5.69 Å². The predicted molar refractivity (Wildman–Crippen MR) is 88.1 cm³/mol. The number of methoxy groups -OCH3 is 1. The lowest BCUT2D eigenvalue weighted by Crippen LogP contribution is -2.34. The van der Waals surface area contributed by atoms with Gasteiger partial charge in [-0.2, -0.15) is 0 Å². The number of carbonyl (C=O) groups excluding carboxylic acids is 2. The van der Waals surface area contributed by atoms with Gasteiger partial charge in [-0.15, -0.1) is 0 Å². The number of nitrogens with zero attached hydrogens (tertiary/aromatic N) is 1. The molecule has 5 heteroatoms. The van der Waals surface area contributed by atoms with Crippen LogP contribution in [0.2, 0.25) is 0 Å². The Morgan fingerprint density at radius 1 is 1.32 bits per heavy atom. The van der Waals surface area contributed by atoms with Crippen LogP contribution in [0.15, 0.2) is 18.2 Å². The number of ether oxygens (including phenoxy) is 1. The summed E-state index contributed by atoms with van der Waals surface area (Å²) in [4.78, 5) is 25.4. The Hall–Kier alpha value is -2.04. The van der Waals surface area contributed by atoms with Gasteiger partial charge in [0.1, 0.15) is 5.75 Å². The van der Waals surface area contributed by atoms with Crippen molar-refractivity contribution in [3.63, 3.8) is 0 Å². The molecule has 0 aliphatic rings. The Bertz CT molecular complexity index is 527. The van der Waals surface area contributed by atoms with E-state index in [0.29, 0.717) is 30.4 Å². The zero-order valence-corrected chi connectivity index (χ0v) is 14.1. The third kappa shape index (κ3) is 5.76. The fourth-order valence-electron chi connectivity index (χ4n) is 2.19. The molecule has 0 saturated carbocycles. The number of carbonyl (C=O) groups is 2. The molecule has 0 aromatic heterocycles. The highest BCUT2D eigenvalue weighted by atomic mass is 16.5. The lowest BCUT2D eigenvalue weighted by Gasteiger charge is -2.22. The van der Waals surface area contributed by atoms with E-state index >= 15 is 0 Å². The van der Waals surface area contributed by atoms with Gasteiger partial charge in [0, 0.05) is 26.4 Å². The zero-order valence-electron chi connectivity index (χ0n) is 14.1. The summed E-state index contributed by atoms with van der Waals surface area (Å²) >= 11 is 0. The van der Waals surface area contributed by atoms with E-state index in [4.69, 9.17) is 4.74 Å². The Kier molecular flexibility index (Phi) is 6.89. The summed E-state index contributed by atoms with van der Waals surface area (Å²) in [6.07, 6.45) is 0.267. The van der Waals surface area contributed by atoms with Gasteiger partial charge in [0.05, 0.1) is 12.8 Å². The summed E-state index contributed by atoms with van der Waals surface area (Å²) in [6.45, 7) is 8.67. The number of nitrogens with one attached hydrogen (secondary N) is 1. The van der Waals surface area contributed by atoms with Gasteiger partial charge in [-0.05, 0) is 30.5 Å². The Morgan fingerprint density at radius 2 is 2.00 bits per heavy atom. The largest absolute Gasteiger partial charge is 0.495 e. The molecular formula is C17H26N2O3. The van der Waals surface area contributed by atoms with Crippen molar-refractivity contribution in [3.05, 3.63) is 23.8 Å². The molecule has 0 aliphatic carbocycles. The minimum absolute atomic E-state index is 0.00497. The smallest absolute Gasteiger partial charge is 0.226 e. The van der Waals surface area contributed by atoms with E-state index in [1.54, 1.807) is 12.0 Å².